The quantitative estimate of drug-likeness (QED) is 0.534. The Balaban J connectivity index is 2.28. The van der Waals surface area contributed by atoms with E-state index in [0.29, 0.717) is 25.4 Å². The summed E-state index contributed by atoms with van der Waals surface area (Å²) in [5, 5.41) is 12.5. The molecule has 4 nitrogen and oxygen atoms in total. The van der Waals surface area contributed by atoms with Crippen LogP contribution in [0.3, 0.4) is 0 Å². The van der Waals surface area contributed by atoms with Crippen molar-refractivity contribution in [1.29, 1.82) is 0 Å². The Morgan fingerprint density at radius 2 is 1.89 bits per heavy atom. The van der Waals surface area contributed by atoms with Crippen molar-refractivity contribution < 1.29 is 14.6 Å². The van der Waals surface area contributed by atoms with Crippen LogP contribution in [0.4, 0.5) is 0 Å². The van der Waals surface area contributed by atoms with E-state index >= 15 is 0 Å². The minimum atomic E-state index is -0.579. The molecule has 18 heavy (non-hydrogen) atoms. The fourth-order valence-electron chi connectivity index (χ4n) is 1.36. The summed E-state index contributed by atoms with van der Waals surface area (Å²) in [6, 6.07) is 7.29. The highest BCUT2D eigenvalue weighted by molar-refractivity contribution is 5.31. The molecule has 1 aromatic rings. The number of hydrogen-bond acceptors (Lipinski definition) is 4. The van der Waals surface area contributed by atoms with Gasteiger partial charge < -0.3 is 19.9 Å². The summed E-state index contributed by atoms with van der Waals surface area (Å²) in [4.78, 5) is 0. The highest BCUT2D eigenvalue weighted by Crippen LogP contribution is 2.17. The largest absolute Gasteiger partial charge is 0.494 e. The first-order valence-electron chi connectivity index (χ1n) is 5.94. The molecule has 2 N–H and O–H groups in total. The van der Waals surface area contributed by atoms with Gasteiger partial charge in [0.1, 0.15) is 24.2 Å². The molecule has 0 radical (unpaired) electrons. The van der Waals surface area contributed by atoms with Gasteiger partial charge in [0.2, 0.25) is 0 Å². The first kappa shape index (κ1) is 14.4. The van der Waals surface area contributed by atoms with Gasteiger partial charge in [0, 0.05) is 6.54 Å². The van der Waals surface area contributed by atoms with Crippen LogP contribution in [0.15, 0.2) is 24.3 Å². The summed E-state index contributed by atoms with van der Waals surface area (Å²) in [6.45, 7) is 3.66. The molecular formula is C14H19NO3. The number of aliphatic hydroxyl groups excluding tert-OH is 1. The van der Waals surface area contributed by atoms with Crippen LogP contribution >= 0.6 is 0 Å². The van der Waals surface area contributed by atoms with E-state index in [9.17, 15) is 5.11 Å². The number of terminal acetylenes is 1. The average molecular weight is 249 g/mol. The SMILES string of the molecule is C#CCNC[C@H](O)COc1ccc(OCC)cc1. The molecule has 0 aliphatic heterocycles. The zero-order valence-corrected chi connectivity index (χ0v) is 10.6. The second-order valence-electron chi connectivity index (χ2n) is 3.70. The summed E-state index contributed by atoms with van der Waals surface area (Å²) in [6.07, 6.45) is 4.50. The van der Waals surface area contributed by atoms with Crippen molar-refractivity contribution >= 4 is 0 Å². The molecule has 0 heterocycles. The minimum absolute atomic E-state index is 0.228. The van der Waals surface area contributed by atoms with E-state index in [1.54, 1.807) is 0 Å². The topological polar surface area (TPSA) is 50.7 Å². The predicted molar refractivity (Wildman–Crippen MR) is 70.8 cm³/mol. The number of rotatable bonds is 8. The maximum absolute atomic E-state index is 9.60. The summed E-state index contributed by atoms with van der Waals surface area (Å²) in [5.74, 6) is 3.95. The van der Waals surface area contributed by atoms with Crippen LogP contribution in [0.2, 0.25) is 0 Å². The van der Waals surface area contributed by atoms with Gasteiger partial charge in [0.25, 0.3) is 0 Å². The van der Waals surface area contributed by atoms with Crippen molar-refractivity contribution in [3.63, 3.8) is 0 Å². The predicted octanol–water partition coefficient (Wildman–Crippen LogP) is 1.05. The van der Waals surface area contributed by atoms with Gasteiger partial charge in [0.15, 0.2) is 0 Å². The smallest absolute Gasteiger partial charge is 0.119 e. The van der Waals surface area contributed by atoms with Crippen molar-refractivity contribution in [2.24, 2.45) is 0 Å². The second kappa shape index (κ2) is 8.40. The van der Waals surface area contributed by atoms with Gasteiger partial charge in [0.05, 0.1) is 13.2 Å². The van der Waals surface area contributed by atoms with Crippen molar-refractivity contribution in [3.05, 3.63) is 24.3 Å². The Morgan fingerprint density at radius 1 is 1.28 bits per heavy atom. The standard InChI is InChI=1S/C14H19NO3/c1-3-9-15-10-12(16)11-18-14-7-5-13(6-8-14)17-4-2/h1,5-8,12,15-16H,4,9-11H2,2H3/t12-/m0/s1. The number of hydrogen-bond donors (Lipinski definition) is 2. The Kier molecular flexibility index (Phi) is 6.70. The number of ether oxygens (including phenoxy) is 2. The second-order valence-corrected chi connectivity index (χ2v) is 3.70. The summed E-state index contributed by atoms with van der Waals surface area (Å²) < 4.78 is 10.8. The van der Waals surface area contributed by atoms with Gasteiger partial charge in [-0.2, -0.15) is 0 Å². The van der Waals surface area contributed by atoms with Gasteiger partial charge in [-0.25, -0.2) is 0 Å². The van der Waals surface area contributed by atoms with Gasteiger partial charge in [-0.15, -0.1) is 6.42 Å². The summed E-state index contributed by atoms with van der Waals surface area (Å²) >= 11 is 0. The molecule has 0 bridgehead atoms. The maximum atomic E-state index is 9.60. The third-order valence-corrected chi connectivity index (χ3v) is 2.18. The first-order chi connectivity index (χ1) is 8.76. The molecule has 1 atom stereocenters. The molecule has 1 aromatic carbocycles. The Hall–Kier alpha value is -1.70. The molecule has 0 saturated carbocycles. The van der Waals surface area contributed by atoms with E-state index in [0.717, 1.165) is 5.75 Å². The van der Waals surface area contributed by atoms with E-state index in [1.807, 2.05) is 31.2 Å². The first-order valence-corrected chi connectivity index (χ1v) is 5.94. The van der Waals surface area contributed by atoms with Crippen LogP contribution in [-0.4, -0.2) is 37.5 Å². The lowest BCUT2D eigenvalue weighted by Gasteiger charge is -2.12. The van der Waals surface area contributed by atoms with Gasteiger partial charge >= 0.3 is 0 Å². The van der Waals surface area contributed by atoms with E-state index < -0.39 is 6.10 Å². The number of nitrogens with one attached hydrogen (secondary N) is 1. The lowest BCUT2D eigenvalue weighted by molar-refractivity contribution is 0.107. The molecule has 0 aliphatic rings. The molecular weight excluding hydrogens is 230 g/mol. The van der Waals surface area contributed by atoms with Crippen LogP contribution in [0.1, 0.15) is 6.92 Å². The van der Waals surface area contributed by atoms with Crippen molar-refractivity contribution in [2.75, 3.05) is 26.3 Å². The van der Waals surface area contributed by atoms with E-state index in [4.69, 9.17) is 15.9 Å². The zero-order chi connectivity index (χ0) is 13.2. The van der Waals surface area contributed by atoms with Gasteiger partial charge in [-0.3, -0.25) is 0 Å². The van der Waals surface area contributed by atoms with E-state index in [2.05, 4.69) is 11.2 Å². The molecule has 0 spiro atoms. The maximum Gasteiger partial charge on any atom is 0.119 e. The zero-order valence-electron chi connectivity index (χ0n) is 10.6. The van der Waals surface area contributed by atoms with E-state index in [1.165, 1.54) is 0 Å². The molecule has 1 rings (SSSR count). The summed E-state index contributed by atoms with van der Waals surface area (Å²) in [7, 11) is 0. The molecule has 0 aromatic heterocycles. The van der Waals surface area contributed by atoms with Crippen LogP contribution < -0.4 is 14.8 Å². The lowest BCUT2D eigenvalue weighted by Crippen LogP contribution is -2.31. The highest BCUT2D eigenvalue weighted by Gasteiger charge is 2.04. The number of aliphatic hydroxyl groups is 1. The molecule has 0 aliphatic carbocycles. The highest BCUT2D eigenvalue weighted by atomic mass is 16.5. The van der Waals surface area contributed by atoms with Gasteiger partial charge in [-0.1, -0.05) is 5.92 Å². The minimum Gasteiger partial charge on any atom is -0.494 e. The molecule has 4 heteroatoms. The Labute approximate surface area is 108 Å². The molecule has 0 amide bonds. The molecule has 98 valence electrons. The third-order valence-electron chi connectivity index (χ3n) is 2.18. The van der Waals surface area contributed by atoms with Crippen molar-refractivity contribution in [2.45, 2.75) is 13.0 Å². The van der Waals surface area contributed by atoms with Crippen LogP contribution in [0, 0.1) is 12.3 Å². The van der Waals surface area contributed by atoms with Crippen molar-refractivity contribution in [3.8, 4) is 23.8 Å². The number of benzene rings is 1. The van der Waals surface area contributed by atoms with Crippen LogP contribution in [0.25, 0.3) is 0 Å². The molecule has 0 saturated heterocycles. The van der Waals surface area contributed by atoms with Crippen molar-refractivity contribution in [1.82, 2.24) is 5.32 Å². The van der Waals surface area contributed by atoms with Crippen LogP contribution in [0.5, 0.6) is 11.5 Å². The van der Waals surface area contributed by atoms with Gasteiger partial charge in [-0.05, 0) is 31.2 Å². The fraction of sp³-hybridized carbons (Fsp3) is 0.429. The Morgan fingerprint density at radius 3 is 2.44 bits per heavy atom. The Bertz CT molecular complexity index is 370. The van der Waals surface area contributed by atoms with E-state index in [-0.39, 0.29) is 6.61 Å². The lowest BCUT2D eigenvalue weighted by atomic mass is 10.3. The summed E-state index contributed by atoms with van der Waals surface area (Å²) in [5.41, 5.74) is 0. The fourth-order valence-corrected chi connectivity index (χ4v) is 1.36. The normalized spacial score (nSPS) is 11.6. The average Bonchev–Trinajstić information content (AvgIpc) is 2.39. The third kappa shape index (κ3) is 5.58. The monoisotopic (exact) mass is 249 g/mol. The molecule has 0 fully saturated rings. The molecule has 0 unspecified atom stereocenters. The van der Waals surface area contributed by atoms with Crippen LogP contribution in [-0.2, 0) is 0 Å².